The van der Waals surface area contributed by atoms with Crippen molar-refractivity contribution in [3.8, 4) is 11.1 Å². The highest BCUT2D eigenvalue weighted by Crippen LogP contribution is 2.27. The van der Waals surface area contributed by atoms with Crippen LogP contribution >= 0.6 is 0 Å². The molecule has 7 heteroatoms. The van der Waals surface area contributed by atoms with Gasteiger partial charge in [0, 0.05) is 55.6 Å². The number of nitrogens with zero attached hydrogens (tertiary/aromatic N) is 6. The Morgan fingerprint density at radius 3 is 2.77 bits per heavy atom. The molecule has 0 N–H and O–H groups in total. The van der Waals surface area contributed by atoms with Gasteiger partial charge in [0.2, 0.25) is 0 Å². The molecule has 1 atom stereocenters. The van der Waals surface area contributed by atoms with Crippen LogP contribution in [0.2, 0.25) is 0 Å². The summed E-state index contributed by atoms with van der Waals surface area (Å²) in [6, 6.07) is 9.87. The van der Waals surface area contributed by atoms with Crippen molar-refractivity contribution in [3.05, 3.63) is 78.3 Å². The molecule has 0 spiro atoms. The van der Waals surface area contributed by atoms with E-state index in [1.165, 1.54) is 0 Å². The molecule has 1 amide bonds. The van der Waals surface area contributed by atoms with Gasteiger partial charge in [-0.2, -0.15) is 5.10 Å². The van der Waals surface area contributed by atoms with Crippen molar-refractivity contribution >= 4 is 11.6 Å². The minimum atomic E-state index is 0.0274. The van der Waals surface area contributed by atoms with Crippen LogP contribution in [0.4, 0.5) is 0 Å². The van der Waals surface area contributed by atoms with Gasteiger partial charge in [0.15, 0.2) is 11.5 Å². The van der Waals surface area contributed by atoms with Gasteiger partial charge < -0.3 is 4.90 Å². The predicted molar refractivity (Wildman–Crippen MR) is 113 cm³/mol. The van der Waals surface area contributed by atoms with Gasteiger partial charge in [-0.05, 0) is 61.2 Å². The van der Waals surface area contributed by atoms with Crippen LogP contribution in [0.5, 0.6) is 0 Å². The summed E-state index contributed by atoms with van der Waals surface area (Å²) in [5.74, 6) is 0.950. The molecule has 0 aromatic carbocycles. The van der Waals surface area contributed by atoms with Crippen molar-refractivity contribution < 1.29 is 4.79 Å². The van der Waals surface area contributed by atoms with Gasteiger partial charge in [-0.25, -0.2) is 9.50 Å². The van der Waals surface area contributed by atoms with Crippen LogP contribution in [0.15, 0.2) is 61.3 Å². The average molecular weight is 398 g/mol. The Bertz CT molecular complexity index is 1200. The number of hydrogen-bond donors (Lipinski definition) is 0. The molecule has 4 aromatic heterocycles. The molecular formula is C23H22N6O. The van der Waals surface area contributed by atoms with Gasteiger partial charge in [0.05, 0.1) is 5.56 Å². The first-order valence-electron chi connectivity index (χ1n) is 10.1. The number of carbonyl (C=O) groups excluding carboxylic acids is 1. The lowest BCUT2D eigenvalue weighted by Gasteiger charge is -2.31. The molecule has 7 nitrogen and oxygen atoms in total. The number of rotatable bonds is 3. The fourth-order valence-electron chi connectivity index (χ4n) is 4.02. The first-order valence-corrected chi connectivity index (χ1v) is 10.1. The van der Waals surface area contributed by atoms with Gasteiger partial charge in [0.1, 0.15) is 0 Å². The van der Waals surface area contributed by atoms with Crippen molar-refractivity contribution in [2.24, 2.45) is 0 Å². The Kier molecular flexibility index (Phi) is 4.71. The smallest absolute Gasteiger partial charge is 0.255 e. The predicted octanol–water partition coefficient (Wildman–Crippen LogP) is 3.51. The summed E-state index contributed by atoms with van der Waals surface area (Å²) in [6.07, 6.45) is 10.9. The van der Waals surface area contributed by atoms with Crippen LogP contribution in [0.25, 0.3) is 16.8 Å². The van der Waals surface area contributed by atoms with E-state index in [1.54, 1.807) is 24.8 Å². The molecule has 1 saturated heterocycles. The number of hydrogen-bond acceptors (Lipinski definition) is 5. The number of carbonyl (C=O) groups is 1. The third-order valence-corrected chi connectivity index (χ3v) is 5.56. The largest absolute Gasteiger partial charge is 0.338 e. The minimum Gasteiger partial charge on any atom is -0.338 e. The van der Waals surface area contributed by atoms with E-state index < -0.39 is 0 Å². The summed E-state index contributed by atoms with van der Waals surface area (Å²) in [5.41, 5.74) is 4.59. The van der Waals surface area contributed by atoms with E-state index in [0.717, 1.165) is 47.5 Å². The Morgan fingerprint density at radius 2 is 1.93 bits per heavy atom. The van der Waals surface area contributed by atoms with Gasteiger partial charge in [-0.1, -0.05) is 0 Å². The number of aromatic nitrogens is 5. The standard InChI is InChI=1S/C23H22N6O/c1-16-11-20(13-25-12-16)23(30)28-10-2-3-19(14-28)22-26-21-5-4-18(15-29(21)27-22)17-6-8-24-9-7-17/h4-9,11-13,15,19H,2-3,10,14H2,1H3/t19-/m0/s1. The normalized spacial score (nSPS) is 16.7. The molecule has 1 aliphatic heterocycles. The van der Waals surface area contributed by atoms with Crippen molar-refractivity contribution in [3.63, 3.8) is 0 Å². The highest BCUT2D eigenvalue weighted by molar-refractivity contribution is 5.94. The van der Waals surface area contributed by atoms with Crippen molar-refractivity contribution in [2.45, 2.75) is 25.7 Å². The number of aryl methyl sites for hydroxylation is 1. The summed E-state index contributed by atoms with van der Waals surface area (Å²) >= 11 is 0. The Labute approximate surface area is 174 Å². The molecule has 0 unspecified atom stereocenters. The van der Waals surface area contributed by atoms with E-state index >= 15 is 0 Å². The number of fused-ring (bicyclic) bond motifs is 1. The third-order valence-electron chi connectivity index (χ3n) is 5.56. The molecule has 30 heavy (non-hydrogen) atoms. The average Bonchev–Trinajstić information content (AvgIpc) is 3.23. The molecule has 1 aliphatic rings. The molecule has 1 fully saturated rings. The maximum atomic E-state index is 12.9. The van der Waals surface area contributed by atoms with Gasteiger partial charge >= 0.3 is 0 Å². The van der Waals surface area contributed by atoms with Crippen molar-refractivity contribution in [1.29, 1.82) is 0 Å². The van der Waals surface area contributed by atoms with Gasteiger partial charge in [0.25, 0.3) is 5.91 Å². The fourth-order valence-corrected chi connectivity index (χ4v) is 4.02. The SMILES string of the molecule is Cc1cncc(C(=O)N2CCC[C@H](c3nc4ccc(-c5ccncc5)cn4n3)C2)c1. The summed E-state index contributed by atoms with van der Waals surface area (Å²) in [7, 11) is 0. The summed E-state index contributed by atoms with van der Waals surface area (Å²) in [5, 5.41) is 4.74. The highest BCUT2D eigenvalue weighted by Gasteiger charge is 2.28. The van der Waals surface area contributed by atoms with Crippen LogP contribution < -0.4 is 0 Å². The van der Waals surface area contributed by atoms with E-state index in [1.807, 2.05) is 52.9 Å². The minimum absolute atomic E-state index is 0.0274. The zero-order valence-corrected chi connectivity index (χ0v) is 16.8. The van der Waals surface area contributed by atoms with Gasteiger partial charge in [-0.3, -0.25) is 14.8 Å². The Balaban J connectivity index is 1.39. The number of pyridine rings is 3. The zero-order chi connectivity index (χ0) is 20.5. The first-order chi connectivity index (χ1) is 14.7. The van der Waals surface area contributed by atoms with Crippen LogP contribution in [0, 0.1) is 6.92 Å². The second-order valence-corrected chi connectivity index (χ2v) is 7.77. The lowest BCUT2D eigenvalue weighted by Crippen LogP contribution is -2.39. The molecule has 0 radical (unpaired) electrons. The van der Waals surface area contributed by atoms with Crippen molar-refractivity contribution in [2.75, 3.05) is 13.1 Å². The summed E-state index contributed by atoms with van der Waals surface area (Å²) in [6.45, 7) is 3.33. The van der Waals surface area contributed by atoms with Crippen LogP contribution in [0.3, 0.4) is 0 Å². The zero-order valence-electron chi connectivity index (χ0n) is 16.8. The van der Waals surface area contributed by atoms with E-state index in [-0.39, 0.29) is 11.8 Å². The maximum Gasteiger partial charge on any atom is 0.255 e. The number of likely N-dealkylation sites (tertiary alicyclic amines) is 1. The monoisotopic (exact) mass is 398 g/mol. The molecule has 4 aromatic rings. The van der Waals surface area contributed by atoms with E-state index in [0.29, 0.717) is 12.1 Å². The molecular weight excluding hydrogens is 376 g/mol. The molecule has 0 bridgehead atoms. The Hall–Kier alpha value is -3.61. The van der Waals surface area contributed by atoms with E-state index in [9.17, 15) is 4.79 Å². The quantitative estimate of drug-likeness (QED) is 0.528. The second kappa shape index (κ2) is 7.67. The molecule has 0 saturated carbocycles. The highest BCUT2D eigenvalue weighted by atomic mass is 16.2. The van der Waals surface area contributed by atoms with Crippen molar-refractivity contribution in [1.82, 2.24) is 29.5 Å². The molecule has 5 rings (SSSR count). The van der Waals surface area contributed by atoms with E-state index in [2.05, 4.69) is 9.97 Å². The summed E-state index contributed by atoms with van der Waals surface area (Å²) in [4.78, 5) is 27.8. The van der Waals surface area contributed by atoms with Crippen LogP contribution in [0.1, 0.15) is 40.5 Å². The van der Waals surface area contributed by atoms with E-state index in [4.69, 9.17) is 10.1 Å². The number of piperidine rings is 1. The third kappa shape index (κ3) is 3.54. The lowest BCUT2D eigenvalue weighted by molar-refractivity contribution is 0.0704. The summed E-state index contributed by atoms with van der Waals surface area (Å²) < 4.78 is 1.83. The van der Waals surface area contributed by atoms with Gasteiger partial charge in [-0.15, -0.1) is 0 Å². The van der Waals surface area contributed by atoms with Crippen LogP contribution in [-0.2, 0) is 0 Å². The Morgan fingerprint density at radius 1 is 1.07 bits per heavy atom. The second-order valence-electron chi connectivity index (χ2n) is 7.77. The van der Waals surface area contributed by atoms with Crippen LogP contribution in [-0.4, -0.2) is 48.5 Å². The fraction of sp³-hybridized carbons (Fsp3) is 0.261. The maximum absolute atomic E-state index is 12.9. The molecule has 150 valence electrons. The first kappa shape index (κ1) is 18.4. The molecule has 0 aliphatic carbocycles. The lowest BCUT2D eigenvalue weighted by atomic mass is 9.97. The number of amides is 1. The topological polar surface area (TPSA) is 76.3 Å². The molecule has 5 heterocycles.